The lowest BCUT2D eigenvalue weighted by atomic mass is 9.86. The molecule has 1 heteroatoms. The minimum atomic E-state index is 0.799. The van der Waals surface area contributed by atoms with Crippen LogP contribution in [0.15, 0.2) is 0 Å². The maximum atomic E-state index is 3.25. The van der Waals surface area contributed by atoms with Crippen LogP contribution in [-0.4, -0.2) is 13.6 Å². The van der Waals surface area contributed by atoms with Crippen molar-refractivity contribution in [3.63, 3.8) is 0 Å². The predicted molar refractivity (Wildman–Crippen MR) is 86.2 cm³/mol. The second-order valence-corrected chi connectivity index (χ2v) is 6.14. The molecule has 1 aromatic rings. The van der Waals surface area contributed by atoms with Gasteiger partial charge in [-0.2, -0.15) is 0 Å². The molecule has 0 aromatic heterocycles. The molecule has 0 aliphatic carbocycles. The Labute approximate surface area is 119 Å². The highest BCUT2D eigenvalue weighted by atomic mass is 14.8. The smallest absolute Gasteiger partial charge is 0.00494 e. The molecule has 1 nitrogen and oxygen atoms in total. The molecule has 1 rings (SSSR count). The van der Waals surface area contributed by atoms with Gasteiger partial charge in [-0.3, -0.25) is 0 Å². The van der Waals surface area contributed by atoms with Gasteiger partial charge in [-0.15, -0.1) is 0 Å². The van der Waals surface area contributed by atoms with Gasteiger partial charge < -0.3 is 5.32 Å². The molecule has 108 valence electrons. The van der Waals surface area contributed by atoms with E-state index in [0.717, 1.165) is 12.5 Å². The standard InChI is InChI=1S/C18H31N/c1-12(10-11-19-7)8-9-18-16(5)14(3)13(2)15(4)17(18)6/h12,19H,8-11H2,1-7H3. The lowest BCUT2D eigenvalue weighted by Crippen LogP contribution is -2.12. The maximum absolute atomic E-state index is 3.25. The Balaban J connectivity index is 2.84. The highest BCUT2D eigenvalue weighted by Gasteiger charge is 2.13. The normalized spacial score (nSPS) is 12.8. The van der Waals surface area contributed by atoms with Crippen LogP contribution in [0.4, 0.5) is 0 Å². The molecule has 0 bridgehead atoms. The average molecular weight is 261 g/mol. The van der Waals surface area contributed by atoms with E-state index in [4.69, 9.17) is 0 Å². The van der Waals surface area contributed by atoms with E-state index in [-0.39, 0.29) is 0 Å². The van der Waals surface area contributed by atoms with Crippen molar-refractivity contribution in [2.24, 2.45) is 5.92 Å². The molecular weight excluding hydrogens is 230 g/mol. The van der Waals surface area contributed by atoms with Gasteiger partial charge in [0.05, 0.1) is 0 Å². The van der Waals surface area contributed by atoms with Gasteiger partial charge in [0.1, 0.15) is 0 Å². The van der Waals surface area contributed by atoms with Crippen LogP contribution in [0, 0.1) is 40.5 Å². The van der Waals surface area contributed by atoms with Crippen LogP contribution in [0.25, 0.3) is 0 Å². The SMILES string of the molecule is CNCCC(C)CCc1c(C)c(C)c(C)c(C)c1C. The number of hydrogen-bond donors (Lipinski definition) is 1. The Morgan fingerprint density at radius 2 is 1.26 bits per heavy atom. The van der Waals surface area contributed by atoms with E-state index in [0.29, 0.717) is 0 Å². The lowest BCUT2D eigenvalue weighted by molar-refractivity contribution is 0.481. The van der Waals surface area contributed by atoms with Crippen LogP contribution in [0.5, 0.6) is 0 Å². The molecule has 1 N–H and O–H groups in total. The van der Waals surface area contributed by atoms with Crippen LogP contribution < -0.4 is 5.32 Å². The van der Waals surface area contributed by atoms with Crippen molar-refractivity contribution in [3.8, 4) is 0 Å². The fourth-order valence-electron chi connectivity index (χ4n) is 2.88. The topological polar surface area (TPSA) is 12.0 Å². The van der Waals surface area contributed by atoms with Crippen LogP contribution in [-0.2, 0) is 6.42 Å². The predicted octanol–water partition coefficient (Wildman–Crippen LogP) is 4.41. The molecule has 0 fully saturated rings. The molecule has 0 saturated carbocycles. The summed E-state index contributed by atoms with van der Waals surface area (Å²) >= 11 is 0. The van der Waals surface area contributed by atoms with Gasteiger partial charge in [0.25, 0.3) is 0 Å². The van der Waals surface area contributed by atoms with Gasteiger partial charge in [-0.25, -0.2) is 0 Å². The first-order valence-corrected chi connectivity index (χ1v) is 7.60. The van der Waals surface area contributed by atoms with Crippen molar-refractivity contribution < 1.29 is 0 Å². The molecule has 0 spiro atoms. The Kier molecular flexibility index (Phi) is 6.06. The summed E-state index contributed by atoms with van der Waals surface area (Å²) in [5, 5.41) is 3.25. The third kappa shape index (κ3) is 3.82. The quantitative estimate of drug-likeness (QED) is 0.800. The third-order valence-electron chi connectivity index (χ3n) is 4.93. The Bertz CT molecular complexity index is 403. The third-order valence-corrected chi connectivity index (χ3v) is 4.93. The van der Waals surface area contributed by atoms with Crippen molar-refractivity contribution in [1.29, 1.82) is 0 Å². The first-order chi connectivity index (χ1) is 8.90. The van der Waals surface area contributed by atoms with Crippen LogP contribution in [0.3, 0.4) is 0 Å². The van der Waals surface area contributed by atoms with E-state index < -0.39 is 0 Å². The van der Waals surface area contributed by atoms with E-state index in [2.05, 4.69) is 46.9 Å². The fraction of sp³-hybridized carbons (Fsp3) is 0.667. The summed E-state index contributed by atoms with van der Waals surface area (Å²) in [5.41, 5.74) is 9.07. The highest BCUT2D eigenvalue weighted by molar-refractivity contribution is 5.49. The molecule has 1 unspecified atom stereocenters. The average Bonchev–Trinajstić information content (AvgIpc) is 2.40. The molecule has 0 heterocycles. The molecule has 1 atom stereocenters. The van der Waals surface area contributed by atoms with Gasteiger partial charge in [-0.1, -0.05) is 6.92 Å². The molecule has 0 aliphatic heterocycles. The Hall–Kier alpha value is -0.820. The summed E-state index contributed by atoms with van der Waals surface area (Å²) in [4.78, 5) is 0. The number of benzene rings is 1. The Morgan fingerprint density at radius 1 is 0.789 bits per heavy atom. The first kappa shape index (κ1) is 16.2. The van der Waals surface area contributed by atoms with Gasteiger partial charge in [0, 0.05) is 0 Å². The molecule has 19 heavy (non-hydrogen) atoms. The fourth-order valence-corrected chi connectivity index (χ4v) is 2.88. The monoisotopic (exact) mass is 261 g/mol. The van der Waals surface area contributed by atoms with Gasteiger partial charge in [0.2, 0.25) is 0 Å². The number of rotatable bonds is 6. The molecule has 0 amide bonds. The van der Waals surface area contributed by atoms with E-state index in [9.17, 15) is 0 Å². The summed E-state index contributed by atoms with van der Waals surface area (Å²) in [6.45, 7) is 14.9. The molecule has 0 saturated heterocycles. The summed E-state index contributed by atoms with van der Waals surface area (Å²) < 4.78 is 0. The second kappa shape index (κ2) is 7.09. The van der Waals surface area contributed by atoms with Crippen LogP contribution in [0.2, 0.25) is 0 Å². The van der Waals surface area contributed by atoms with Gasteiger partial charge >= 0.3 is 0 Å². The van der Waals surface area contributed by atoms with E-state index in [1.807, 2.05) is 7.05 Å². The molecule has 0 radical (unpaired) electrons. The zero-order chi connectivity index (χ0) is 14.6. The van der Waals surface area contributed by atoms with E-state index >= 15 is 0 Å². The van der Waals surface area contributed by atoms with Gasteiger partial charge in [0.15, 0.2) is 0 Å². The zero-order valence-electron chi connectivity index (χ0n) is 13.9. The highest BCUT2D eigenvalue weighted by Crippen LogP contribution is 2.27. The first-order valence-electron chi connectivity index (χ1n) is 7.60. The summed E-state index contributed by atoms with van der Waals surface area (Å²) in [6.07, 6.45) is 3.80. The molecule has 0 aliphatic rings. The van der Waals surface area contributed by atoms with Crippen LogP contribution in [0.1, 0.15) is 53.1 Å². The summed E-state index contributed by atoms with van der Waals surface area (Å²) in [5.74, 6) is 0.799. The maximum Gasteiger partial charge on any atom is -0.00494 e. The van der Waals surface area contributed by atoms with E-state index in [1.165, 1.54) is 47.1 Å². The molecular formula is C18H31N. The number of hydrogen-bond acceptors (Lipinski definition) is 1. The minimum absolute atomic E-state index is 0.799. The Morgan fingerprint density at radius 3 is 1.74 bits per heavy atom. The lowest BCUT2D eigenvalue weighted by Gasteiger charge is -2.20. The minimum Gasteiger partial charge on any atom is -0.320 e. The summed E-state index contributed by atoms with van der Waals surface area (Å²) in [6, 6.07) is 0. The zero-order valence-corrected chi connectivity index (χ0v) is 13.9. The van der Waals surface area contributed by atoms with Crippen molar-refractivity contribution in [1.82, 2.24) is 5.32 Å². The van der Waals surface area contributed by atoms with Crippen molar-refractivity contribution in [2.75, 3.05) is 13.6 Å². The number of nitrogens with one attached hydrogen (secondary N) is 1. The van der Waals surface area contributed by atoms with E-state index in [1.54, 1.807) is 5.56 Å². The van der Waals surface area contributed by atoms with Crippen molar-refractivity contribution in [3.05, 3.63) is 33.4 Å². The van der Waals surface area contributed by atoms with Crippen molar-refractivity contribution in [2.45, 2.75) is 60.8 Å². The molecule has 1 aromatic carbocycles. The second-order valence-electron chi connectivity index (χ2n) is 6.14. The van der Waals surface area contributed by atoms with Crippen molar-refractivity contribution >= 4 is 0 Å². The van der Waals surface area contributed by atoms with Gasteiger partial charge in [-0.05, 0) is 107 Å². The van der Waals surface area contributed by atoms with Crippen LogP contribution >= 0.6 is 0 Å². The largest absolute Gasteiger partial charge is 0.320 e. The summed E-state index contributed by atoms with van der Waals surface area (Å²) in [7, 11) is 2.04.